The normalized spacial score (nSPS) is 14.8. The van der Waals surface area contributed by atoms with Gasteiger partial charge in [-0.2, -0.15) is 0 Å². The number of ketones is 1. The minimum atomic E-state index is -1.09. The number of Topliss-reactive ketones (excluding diaryl/α,β-unsaturated/α-hetero) is 1. The zero-order valence-electron chi connectivity index (χ0n) is 16.4. The number of benzene rings is 1. The first-order valence-corrected chi connectivity index (χ1v) is 9.09. The molecule has 1 amide bonds. The van der Waals surface area contributed by atoms with Crippen molar-refractivity contribution in [1.82, 2.24) is 4.98 Å². The summed E-state index contributed by atoms with van der Waals surface area (Å²) in [5.74, 6) is -1.39. The third-order valence-corrected chi connectivity index (χ3v) is 4.84. The third-order valence-electron chi connectivity index (χ3n) is 4.84. The number of carboxylic acid groups (broad SMARTS) is 1. The molecule has 3 rings (SSSR count). The molecule has 8 nitrogen and oxygen atoms in total. The number of nitrogens with zero attached hydrogens (tertiary/aromatic N) is 1. The van der Waals surface area contributed by atoms with Gasteiger partial charge in [-0.1, -0.05) is 13.8 Å². The Morgan fingerprint density at radius 2 is 1.83 bits per heavy atom. The van der Waals surface area contributed by atoms with Crippen molar-refractivity contribution >= 4 is 23.3 Å². The number of anilines is 1. The van der Waals surface area contributed by atoms with Gasteiger partial charge in [0, 0.05) is 30.4 Å². The van der Waals surface area contributed by atoms with Crippen LogP contribution < -0.4 is 15.2 Å². The fourth-order valence-corrected chi connectivity index (χ4v) is 3.40. The highest BCUT2D eigenvalue weighted by Crippen LogP contribution is 2.33. The molecule has 1 aromatic heterocycles. The Morgan fingerprint density at radius 3 is 2.45 bits per heavy atom. The summed E-state index contributed by atoms with van der Waals surface area (Å²) in [5.41, 5.74) is 0.563. The Balaban J connectivity index is 1.85. The van der Waals surface area contributed by atoms with Crippen molar-refractivity contribution in [2.45, 2.75) is 26.7 Å². The zero-order chi connectivity index (χ0) is 21.3. The Labute approximate surface area is 167 Å². The van der Waals surface area contributed by atoms with Crippen molar-refractivity contribution in [3.05, 3.63) is 57.5 Å². The van der Waals surface area contributed by atoms with Gasteiger partial charge in [-0.05, 0) is 42.2 Å². The molecule has 152 valence electrons. The third kappa shape index (κ3) is 4.37. The number of rotatable bonds is 5. The number of carboxylic acids is 1. The number of hydrogen-bond acceptors (Lipinski definition) is 5. The van der Waals surface area contributed by atoms with Gasteiger partial charge in [0.1, 0.15) is 11.3 Å². The maximum absolute atomic E-state index is 12.9. The summed E-state index contributed by atoms with van der Waals surface area (Å²) in [6, 6.07) is 7.61. The molecule has 0 fully saturated rings. The van der Waals surface area contributed by atoms with Gasteiger partial charge >= 0.3 is 5.97 Å². The average Bonchev–Trinajstić information content (AvgIpc) is 2.64. The molecule has 0 bridgehead atoms. The molecular weight excluding hydrogens is 376 g/mol. The molecule has 0 spiro atoms. The lowest BCUT2D eigenvalue weighted by molar-refractivity contribution is -0.139. The average molecular weight is 398 g/mol. The van der Waals surface area contributed by atoms with E-state index in [0.717, 1.165) is 0 Å². The summed E-state index contributed by atoms with van der Waals surface area (Å²) in [4.78, 5) is 52.4. The Hall–Kier alpha value is -3.42. The highest BCUT2D eigenvalue weighted by molar-refractivity contribution is 6.07. The molecule has 2 N–H and O–H groups in total. The first-order chi connectivity index (χ1) is 13.6. The molecular formula is C21H22N2O6. The summed E-state index contributed by atoms with van der Waals surface area (Å²) in [6.07, 6.45) is 0.915. The topological polar surface area (TPSA) is 117 Å². The molecule has 0 atom stereocenters. The number of ether oxygens (including phenoxy) is 1. The molecule has 1 aliphatic carbocycles. The fourth-order valence-electron chi connectivity index (χ4n) is 3.40. The lowest BCUT2D eigenvalue weighted by atomic mass is 9.75. The Morgan fingerprint density at radius 1 is 1.17 bits per heavy atom. The van der Waals surface area contributed by atoms with Crippen LogP contribution in [0.2, 0.25) is 0 Å². The van der Waals surface area contributed by atoms with E-state index in [1.807, 2.05) is 13.8 Å². The van der Waals surface area contributed by atoms with Gasteiger partial charge in [0.15, 0.2) is 12.4 Å². The first kappa shape index (κ1) is 20.3. The van der Waals surface area contributed by atoms with Crippen LogP contribution in [0, 0.1) is 5.41 Å². The lowest BCUT2D eigenvalue weighted by Crippen LogP contribution is -2.35. The zero-order valence-corrected chi connectivity index (χ0v) is 16.4. The number of aromatic nitrogens is 1. The molecule has 1 aliphatic rings. The first-order valence-electron chi connectivity index (χ1n) is 9.09. The molecule has 0 radical (unpaired) electrons. The van der Waals surface area contributed by atoms with E-state index in [0.29, 0.717) is 35.5 Å². The number of aliphatic carboxylic acids is 1. The summed E-state index contributed by atoms with van der Waals surface area (Å²) < 4.78 is 5.06. The van der Waals surface area contributed by atoms with Gasteiger partial charge in [0.2, 0.25) is 0 Å². The van der Waals surface area contributed by atoms with Crippen LogP contribution in [0.4, 0.5) is 5.69 Å². The second-order valence-corrected chi connectivity index (χ2v) is 7.89. The van der Waals surface area contributed by atoms with Crippen molar-refractivity contribution < 1.29 is 24.2 Å². The molecule has 1 aromatic carbocycles. The van der Waals surface area contributed by atoms with Crippen molar-refractivity contribution in [2.24, 2.45) is 5.41 Å². The molecule has 29 heavy (non-hydrogen) atoms. The highest BCUT2D eigenvalue weighted by atomic mass is 16.5. The predicted molar refractivity (Wildman–Crippen MR) is 106 cm³/mol. The van der Waals surface area contributed by atoms with E-state index in [1.54, 1.807) is 12.1 Å². The van der Waals surface area contributed by atoms with Crippen LogP contribution in [0.5, 0.6) is 5.75 Å². The number of hydrogen-bond donors (Lipinski definition) is 2. The van der Waals surface area contributed by atoms with Gasteiger partial charge in [0.25, 0.3) is 11.5 Å². The predicted octanol–water partition coefficient (Wildman–Crippen LogP) is 2.27. The number of nitrogens with one attached hydrogen (secondary N) is 1. The van der Waals surface area contributed by atoms with Crippen LogP contribution in [0.15, 0.2) is 35.1 Å². The summed E-state index contributed by atoms with van der Waals surface area (Å²) in [5, 5.41) is 8.64. The minimum absolute atomic E-state index is 0.0934. The molecule has 0 aliphatic heterocycles. The smallest absolute Gasteiger partial charge is 0.341 e. The second kappa shape index (κ2) is 7.54. The van der Waals surface area contributed by atoms with E-state index in [-0.39, 0.29) is 16.8 Å². The Kier molecular flexibility index (Phi) is 5.28. The summed E-state index contributed by atoms with van der Waals surface area (Å²) in [6.45, 7) is 3.45. The van der Waals surface area contributed by atoms with Gasteiger partial charge in [-0.3, -0.25) is 14.4 Å². The number of H-pyrrole nitrogens is 1. The van der Waals surface area contributed by atoms with E-state index >= 15 is 0 Å². The molecule has 0 saturated heterocycles. The number of fused-ring (bicyclic) bond motifs is 1. The van der Waals surface area contributed by atoms with Crippen LogP contribution in [0.1, 0.15) is 46.7 Å². The maximum Gasteiger partial charge on any atom is 0.341 e. The lowest BCUT2D eigenvalue weighted by Gasteiger charge is -2.30. The van der Waals surface area contributed by atoms with Gasteiger partial charge in [0.05, 0.1) is 0 Å². The van der Waals surface area contributed by atoms with Crippen molar-refractivity contribution in [2.75, 3.05) is 18.6 Å². The van der Waals surface area contributed by atoms with Crippen molar-refractivity contribution in [3.8, 4) is 5.75 Å². The van der Waals surface area contributed by atoms with Crippen molar-refractivity contribution in [1.29, 1.82) is 0 Å². The second-order valence-electron chi connectivity index (χ2n) is 7.89. The molecule has 0 saturated carbocycles. The minimum Gasteiger partial charge on any atom is -0.482 e. The largest absolute Gasteiger partial charge is 0.482 e. The number of amides is 1. The quantitative estimate of drug-likeness (QED) is 0.798. The number of carbonyl (C=O) groups excluding carboxylic acids is 2. The van der Waals surface area contributed by atoms with E-state index in [4.69, 9.17) is 9.84 Å². The molecule has 1 heterocycles. The molecule has 2 aromatic rings. The van der Waals surface area contributed by atoms with Gasteiger partial charge in [-0.15, -0.1) is 0 Å². The monoisotopic (exact) mass is 398 g/mol. The highest BCUT2D eigenvalue weighted by Gasteiger charge is 2.33. The summed E-state index contributed by atoms with van der Waals surface area (Å²) in [7, 11) is 1.51. The SMILES string of the molecule is CN(C(=O)c1cc2c([nH]c1=O)CC(C)(C)CC2=O)c1ccc(OCC(=O)O)cc1. The number of pyridine rings is 1. The van der Waals surface area contributed by atoms with Crippen LogP contribution in [0.3, 0.4) is 0 Å². The van der Waals surface area contributed by atoms with E-state index in [2.05, 4.69) is 4.98 Å². The van der Waals surface area contributed by atoms with E-state index in [9.17, 15) is 19.2 Å². The van der Waals surface area contributed by atoms with Gasteiger partial charge in [-0.25, -0.2) is 4.79 Å². The standard InChI is InChI=1S/C21H22N2O6/c1-21(2)9-16-14(17(24)10-21)8-15(19(27)22-16)20(28)23(3)12-4-6-13(7-5-12)29-11-18(25)26/h4-8H,9-11H2,1-3H3,(H,22,27)(H,25,26). The van der Waals surface area contributed by atoms with Crippen LogP contribution in [-0.2, 0) is 11.2 Å². The molecule has 0 unspecified atom stereocenters. The van der Waals surface area contributed by atoms with Crippen LogP contribution >= 0.6 is 0 Å². The van der Waals surface area contributed by atoms with E-state index in [1.165, 1.54) is 30.1 Å². The maximum atomic E-state index is 12.9. The van der Waals surface area contributed by atoms with Crippen LogP contribution in [-0.4, -0.2) is 41.4 Å². The fraction of sp³-hybridized carbons (Fsp3) is 0.333. The number of aromatic amines is 1. The molecule has 8 heteroatoms. The van der Waals surface area contributed by atoms with E-state index < -0.39 is 24.0 Å². The van der Waals surface area contributed by atoms with Crippen molar-refractivity contribution in [3.63, 3.8) is 0 Å². The summed E-state index contributed by atoms with van der Waals surface area (Å²) >= 11 is 0. The van der Waals surface area contributed by atoms with Crippen LogP contribution in [0.25, 0.3) is 0 Å². The van der Waals surface area contributed by atoms with Gasteiger partial charge < -0.3 is 19.7 Å². The Bertz CT molecular complexity index is 1040. The number of carbonyl (C=O) groups is 3.